The highest BCUT2D eigenvalue weighted by Gasteiger charge is 2.19. The number of hydrogen-bond acceptors (Lipinski definition) is 5. The van der Waals surface area contributed by atoms with E-state index in [1.807, 2.05) is 75.8 Å². The van der Waals surface area contributed by atoms with Crippen LogP contribution in [0.1, 0.15) is 40.0 Å². The number of amides is 1. The molecule has 7 nitrogen and oxygen atoms in total. The molecule has 0 spiro atoms. The van der Waals surface area contributed by atoms with Crippen molar-refractivity contribution in [1.82, 2.24) is 20.0 Å². The Kier molecular flexibility index (Phi) is 7.98. The highest BCUT2D eigenvalue weighted by Crippen LogP contribution is 2.33. The first-order valence-corrected chi connectivity index (χ1v) is 13.5. The van der Waals surface area contributed by atoms with Gasteiger partial charge >= 0.3 is 0 Å². The van der Waals surface area contributed by atoms with E-state index in [0.29, 0.717) is 12.2 Å². The molecule has 5 rings (SSSR count). The minimum absolute atomic E-state index is 0.0664. The summed E-state index contributed by atoms with van der Waals surface area (Å²) >= 11 is 0. The minimum atomic E-state index is -0.192. The van der Waals surface area contributed by atoms with Gasteiger partial charge in [0.2, 0.25) is 0 Å². The summed E-state index contributed by atoms with van der Waals surface area (Å²) < 4.78 is 8.02. The van der Waals surface area contributed by atoms with Crippen LogP contribution in [0.4, 0.5) is 5.69 Å². The number of anilines is 1. The van der Waals surface area contributed by atoms with Crippen LogP contribution in [0.3, 0.4) is 0 Å². The summed E-state index contributed by atoms with van der Waals surface area (Å²) in [6.45, 7) is 8.47. The van der Waals surface area contributed by atoms with Crippen LogP contribution in [0, 0.1) is 6.92 Å². The monoisotopic (exact) mass is 523 g/mol. The zero-order valence-electron chi connectivity index (χ0n) is 23.2. The molecule has 0 saturated carbocycles. The Labute approximate surface area is 231 Å². The van der Waals surface area contributed by atoms with Crippen molar-refractivity contribution in [3.05, 3.63) is 101 Å². The molecule has 0 radical (unpaired) electrons. The Balaban J connectivity index is 1.35. The van der Waals surface area contributed by atoms with Crippen LogP contribution in [-0.2, 0) is 13.7 Å². The van der Waals surface area contributed by atoms with E-state index >= 15 is 0 Å². The van der Waals surface area contributed by atoms with Gasteiger partial charge in [-0.05, 0) is 61.9 Å². The Bertz CT molecular complexity index is 1420. The van der Waals surface area contributed by atoms with Crippen LogP contribution in [0.5, 0.6) is 5.75 Å². The van der Waals surface area contributed by atoms with Crippen LogP contribution < -0.4 is 15.0 Å². The van der Waals surface area contributed by atoms with Crippen LogP contribution in [-0.4, -0.2) is 53.8 Å². The van der Waals surface area contributed by atoms with Gasteiger partial charge in [-0.25, -0.2) is 0 Å². The highest BCUT2D eigenvalue weighted by molar-refractivity contribution is 5.97. The molecule has 4 aromatic rings. The van der Waals surface area contributed by atoms with E-state index in [4.69, 9.17) is 4.74 Å². The normalized spacial score (nSPS) is 14.7. The van der Waals surface area contributed by atoms with Gasteiger partial charge in [0.15, 0.2) is 0 Å². The second kappa shape index (κ2) is 11.7. The van der Waals surface area contributed by atoms with Gasteiger partial charge in [0.05, 0.1) is 12.2 Å². The zero-order valence-corrected chi connectivity index (χ0v) is 23.2. The van der Waals surface area contributed by atoms with E-state index in [1.54, 1.807) is 4.68 Å². The molecule has 0 bridgehead atoms. The van der Waals surface area contributed by atoms with Crippen molar-refractivity contribution in [3.63, 3.8) is 0 Å². The summed E-state index contributed by atoms with van der Waals surface area (Å²) in [7, 11) is 4.05. The Morgan fingerprint density at radius 3 is 2.49 bits per heavy atom. The molecule has 202 valence electrons. The standard InChI is InChI=1S/C32H37N5O2/c1-23-10-12-28(37-16-14-35(3)15-17-37)19-29(23)32(38)34-24(2)26-11-13-31(39-22-25-8-6-5-7-9-25)30(18-26)27-20-33-36(4)21-27/h5-13,18-21,24H,14-17,22H2,1-4H3,(H,34,38)/t24-/m1/s1. The van der Waals surface area contributed by atoms with Crippen LogP contribution in [0.15, 0.2) is 79.1 Å². The van der Waals surface area contributed by atoms with E-state index in [9.17, 15) is 4.79 Å². The highest BCUT2D eigenvalue weighted by atomic mass is 16.5. The van der Waals surface area contributed by atoms with Gasteiger partial charge in [0, 0.05) is 61.8 Å². The lowest BCUT2D eigenvalue weighted by atomic mass is 10.00. The Morgan fingerprint density at radius 1 is 1.00 bits per heavy atom. The molecule has 1 saturated heterocycles. The van der Waals surface area contributed by atoms with Crippen molar-refractivity contribution < 1.29 is 9.53 Å². The number of ether oxygens (including phenoxy) is 1. The van der Waals surface area contributed by atoms with Crippen LogP contribution >= 0.6 is 0 Å². The molecule has 1 aromatic heterocycles. The van der Waals surface area contributed by atoms with Crippen LogP contribution in [0.25, 0.3) is 11.1 Å². The number of nitrogens with zero attached hydrogens (tertiary/aromatic N) is 4. The van der Waals surface area contributed by atoms with Gasteiger partial charge in [0.1, 0.15) is 12.4 Å². The second-order valence-electron chi connectivity index (χ2n) is 10.4. The maximum Gasteiger partial charge on any atom is 0.252 e. The molecule has 7 heteroatoms. The molecule has 0 unspecified atom stereocenters. The largest absolute Gasteiger partial charge is 0.488 e. The third-order valence-corrected chi connectivity index (χ3v) is 7.44. The number of carbonyl (C=O) groups excluding carboxylic acids is 1. The summed E-state index contributed by atoms with van der Waals surface area (Å²) in [5, 5.41) is 7.58. The van der Waals surface area contributed by atoms with Crippen molar-refractivity contribution in [2.75, 3.05) is 38.1 Å². The van der Waals surface area contributed by atoms with Crippen LogP contribution in [0.2, 0.25) is 0 Å². The summed E-state index contributed by atoms with van der Waals surface area (Å²) in [6, 6.07) is 22.2. The molecular formula is C32H37N5O2. The van der Waals surface area contributed by atoms with E-state index in [1.165, 1.54) is 0 Å². The Hall–Kier alpha value is -4.10. The minimum Gasteiger partial charge on any atom is -0.488 e. The number of aryl methyl sites for hydroxylation is 2. The maximum absolute atomic E-state index is 13.4. The van der Waals surface area contributed by atoms with E-state index in [0.717, 1.165) is 65.4 Å². The number of piperazine rings is 1. The molecule has 1 amide bonds. The SMILES string of the molecule is Cc1ccc(N2CCN(C)CC2)cc1C(=O)N[C@H](C)c1ccc(OCc2ccccc2)c(-c2cnn(C)c2)c1. The van der Waals surface area contributed by atoms with Gasteiger partial charge in [-0.3, -0.25) is 9.48 Å². The van der Waals surface area contributed by atoms with Gasteiger partial charge < -0.3 is 19.9 Å². The number of nitrogens with one attached hydrogen (secondary N) is 1. The summed E-state index contributed by atoms with van der Waals surface area (Å²) in [5.41, 5.74) is 6.82. The van der Waals surface area contributed by atoms with Gasteiger partial charge in [-0.15, -0.1) is 0 Å². The fourth-order valence-corrected chi connectivity index (χ4v) is 4.94. The zero-order chi connectivity index (χ0) is 27.4. The molecule has 0 aliphatic carbocycles. The van der Waals surface area contributed by atoms with Gasteiger partial charge in [-0.1, -0.05) is 42.5 Å². The number of rotatable bonds is 8. The fraction of sp³-hybridized carbons (Fsp3) is 0.312. The van der Waals surface area contributed by atoms with E-state index in [2.05, 4.69) is 51.5 Å². The molecule has 39 heavy (non-hydrogen) atoms. The predicted octanol–water partition coefficient (Wildman–Crippen LogP) is 5.22. The van der Waals surface area contributed by atoms with Crippen molar-refractivity contribution in [1.29, 1.82) is 0 Å². The summed E-state index contributed by atoms with van der Waals surface area (Å²) in [6.07, 6.45) is 3.82. The topological polar surface area (TPSA) is 62.6 Å². The second-order valence-corrected chi connectivity index (χ2v) is 10.4. The lowest BCUT2D eigenvalue weighted by Gasteiger charge is -2.34. The molecular weight excluding hydrogens is 486 g/mol. The molecule has 1 aliphatic rings. The maximum atomic E-state index is 13.4. The molecule has 1 aliphatic heterocycles. The fourth-order valence-electron chi connectivity index (χ4n) is 4.94. The van der Waals surface area contributed by atoms with Crippen molar-refractivity contribution in [3.8, 4) is 16.9 Å². The summed E-state index contributed by atoms with van der Waals surface area (Å²) in [5.74, 6) is 0.716. The number of aromatic nitrogens is 2. The van der Waals surface area contributed by atoms with Crippen molar-refractivity contribution in [2.45, 2.75) is 26.5 Å². The first-order valence-electron chi connectivity index (χ1n) is 13.5. The van der Waals surface area contributed by atoms with Gasteiger partial charge in [-0.2, -0.15) is 5.10 Å². The van der Waals surface area contributed by atoms with E-state index < -0.39 is 0 Å². The molecule has 1 N–H and O–H groups in total. The first kappa shape index (κ1) is 26.5. The molecule has 1 atom stereocenters. The average Bonchev–Trinajstić information content (AvgIpc) is 3.39. The lowest BCUT2D eigenvalue weighted by Crippen LogP contribution is -2.44. The first-order chi connectivity index (χ1) is 18.9. The van der Waals surface area contributed by atoms with Gasteiger partial charge in [0.25, 0.3) is 5.91 Å². The number of likely N-dealkylation sites (N-methyl/N-ethyl adjacent to an activating group) is 1. The quantitative estimate of drug-likeness (QED) is 0.343. The third-order valence-electron chi connectivity index (χ3n) is 7.44. The third kappa shape index (κ3) is 6.32. The molecule has 3 aromatic carbocycles. The Morgan fingerprint density at radius 2 is 1.77 bits per heavy atom. The predicted molar refractivity (Wildman–Crippen MR) is 156 cm³/mol. The number of hydrogen-bond donors (Lipinski definition) is 1. The summed E-state index contributed by atoms with van der Waals surface area (Å²) in [4.78, 5) is 18.1. The lowest BCUT2D eigenvalue weighted by molar-refractivity contribution is 0.0939. The van der Waals surface area contributed by atoms with Crippen molar-refractivity contribution in [2.24, 2.45) is 7.05 Å². The van der Waals surface area contributed by atoms with E-state index in [-0.39, 0.29) is 11.9 Å². The number of benzene rings is 3. The van der Waals surface area contributed by atoms with Crippen molar-refractivity contribution >= 4 is 11.6 Å². The molecule has 2 heterocycles. The molecule has 1 fully saturated rings. The number of carbonyl (C=O) groups is 1. The smallest absolute Gasteiger partial charge is 0.252 e. The average molecular weight is 524 g/mol.